The second-order valence-corrected chi connectivity index (χ2v) is 6.94. The molecule has 0 bridgehead atoms. The lowest BCUT2D eigenvalue weighted by Crippen LogP contribution is -2.47. The van der Waals surface area contributed by atoms with Crippen LogP contribution in [0, 0.1) is 0 Å². The second-order valence-electron chi connectivity index (χ2n) is 6.94. The summed E-state index contributed by atoms with van der Waals surface area (Å²) in [5.74, 6) is 0.0316. The Labute approximate surface area is 133 Å². The van der Waals surface area contributed by atoms with Crippen molar-refractivity contribution in [3.63, 3.8) is 0 Å². The molecule has 1 fully saturated rings. The fraction of sp³-hybridized carbons (Fsp3) is 0.875. The summed E-state index contributed by atoms with van der Waals surface area (Å²) in [7, 11) is 0. The van der Waals surface area contributed by atoms with Gasteiger partial charge in [-0.3, -0.25) is 4.79 Å². The van der Waals surface area contributed by atoms with E-state index in [-0.39, 0.29) is 24.1 Å². The van der Waals surface area contributed by atoms with Gasteiger partial charge >= 0.3 is 6.09 Å². The lowest BCUT2D eigenvalue weighted by Gasteiger charge is -2.31. The first-order valence-electron chi connectivity index (χ1n) is 8.29. The van der Waals surface area contributed by atoms with E-state index in [0.717, 1.165) is 32.1 Å². The van der Waals surface area contributed by atoms with E-state index in [1.54, 1.807) is 0 Å². The van der Waals surface area contributed by atoms with E-state index in [1.807, 2.05) is 27.7 Å². The van der Waals surface area contributed by atoms with Gasteiger partial charge in [-0.05, 0) is 52.9 Å². The Bertz CT molecular complexity index is 366. The normalized spacial score (nSPS) is 22.0. The van der Waals surface area contributed by atoms with E-state index in [0.29, 0.717) is 13.1 Å². The number of ether oxygens (including phenoxy) is 1. The maximum atomic E-state index is 11.8. The lowest BCUT2D eigenvalue weighted by molar-refractivity contribution is -0.120. The Morgan fingerprint density at radius 3 is 2.50 bits per heavy atom. The topological polar surface area (TPSA) is 79.5 Å². The number of nitrogens with one attached hydrogen (secondary N) is 3. The molecule has 1 saturated carbocycles. The van der Waals surface area contributed by atoms with Gasteiger partial charge < -0.3 is 20.7 Å². The van der Waals surface area contributed by atoms with E-state index in [9.17, 15) is 9.59 Å². The summed E-state index contributed by atoms with van der Waals surface area (Å²) in [6.45, 7) is 8.64. The Kier molecular flexibility index (Phi) is 7.65. The van der Waals surface area contributed by atoms with E-state index in [4.69, 9.17) is 4.74 Å². The predicted molar refractivity (Wildman–Crippen MR) is 86.7 cm³/mol. The van der Waals surface area contributed by atoms with Crippen molar-refractivity contribution in [1.82, 2.24) is 16.0 Å². The summed E-state index contributed by atoms with van der Waals surface area (Å²) in [6, 6.07) is 0.376. The van der Waals surface area contributed by atoms with Crippen LogP contribution in [0.3, 0.4) is 0 Å². The smallest absolute Gasteiger partial charge is 0.407 e. The highest BCUT2D eigenvalue weighted by Crippen LogP contribution is 2.19. The van der Waals surface area contributed by atoms with Gasteiger partial charge in [0.25, 0.3) is 0 Å². The first-order valence-corrected chi connectivity index (χ1v) is 8.29. The second kappa shape index (κ2) is 8.98. The minimum Gasteiger partial charge on any atom is -0.444 e. The van der Waals surface area contributed by atoms with E-state index < -0.39 is 5.60 Å². The third-order valence-corrected chi connectivity index (χ3v) is 3.52. The molecular weight excluding hydrogens is 282 g/mol. The highest BCUT2D eigenvalue weighted by molar-refractivity contribution is 5.77. The van der Waals surface area contributed by atoms with Crippen molar-refractivity contribution in [1.29, 1.82) is 0 Å². The van der Waals surface area contributed by atoms with Crippen LogP contribution in [-0.2, 0) is 9.53 Å². The zero-order valence-corrected chi connectivity index (χ0v) is 14.3. The molecule has 0 aliphatic heterocycles. The highest BCUT2D eigenvalue weighted by Gasteiger charge is 2.25. The molecule has 2 amide bonds. The molecule has 1 aliphatic rings. The van der Waals surface area contributed by atoms with Crippen molar-refractivity contribution in [2.75, 3.05) is 13.1 Å². The SMILES string of the molecule is CCCNC(=O)CNC1CCCC(NC(=O)OC(C)(C)C)C1. The molecule has 2 atom stereocenters. The quantitative estimate of drug-likeness (QED) is 0.700. The number of rotatable bonds is 6. The molecule has 0 saturated heterocycles. The zero-order valence-electron chi connectivity index (χ0n) is 14.3. The van der Waals surface area contributed by atoms with Crippen LogP contribution >= 0.6 is 0 Å². The average Bonchev–Trinajstić information content (AvgIpc) is 2.41. The summed E-state index contributed by atoms with van der Waals surface area (Å²) < 4.78 is 5.28. The van der Waals surface area contributed by atoms with Crippen LogP contribution in [-0.4, -0.2) is 42.8 Å². The molecule has 1 aliphatic carbocycles. The largest absolute Gasteiger partial charge is 0.444 e. The number of hydrogen-bond donors (Lipinski definition) is 3. The third-order valence-electron chi connectivity index (χ3n) is 3.52. The minimum absolute atomic E-state index is 0.0316. The average molecular weight is 313 g/mol. The third kappa shape index (κ3) is 8.22. The van der Waals surface area contributed by atoms with E-state index in [2.05, 4.69) is 16.0 Å². The monoisotopic (exact) mass is 313 g/mol. The van der Waals surface area contributed by atoms with Crippen molar-refractivity contribution in [3.8, 4) is 0 Å². The number of amides is 2. The van der Waals surface area contributed by atoms with Crippen LogP contribution in [0.4, 0.5) is 4.79 Å². The van der Waals surface area contributed by atoms with Gasteiger partial charge in [0, 0.05) is 18.6 Å². The minimum atomic E-state index is -0.478. The summed E-state index contributed by atoms with van der Waals surface area (Å²) in [4.78, 5) is 23.4. The fourth-order valence-electron chi connectivity index (χ4n) is 2.54. The first-order chi connectivity index (χ1) is 10.3. The zero-order chi connectivity index (χ0) is 16.6. The van der Waals surface area contributed by atoms with Crippen LogP contribution in [0.2, 0.25) is 0 Å². The van der Waals surface area contributed by atoms with Gasteiger partial charge in [-0.2, -0.15) is 0 Å². The van der Waals surface area contributed by atoms with Crippen molar-refractivity contribution in [2.45, 2.75) is 77.5 Å². The van der Waals surface area contributed by atoms with Gasteiger partial charge in [-0.15, -0.1) is 0 Å². The van der Waals surface area contributed by atoms with Gasteiger partial charge in [0.2, 0.25) is 5.91 Å². The molecule has 0 spiro atoms. The molecule has 0 radical (unpaired) electrons. The first kappa shape index (κ1) is 18.7. The number of alkyl carbamates (subject to hydrolysis) is 1. The van der Waals surface area contributed by atoms with Gasteiger partial charge in [0.1, 0.15) is 5.60 Å². The molecule has 0 aromatic rings. The van der Waals surface area contributed by atoms with Crippen molar-refractivity contribution in [2.24, 2.45) is 0 Å². The van der Waals surface area contributed by atoms with Crippen LogP contribution in [0.15, 0.2) is 0 Å². The fourth-order valence-corrected chi connectivity index (χ4v) is 2.54. The van der Waals surface area contributed by atoms with Gasteiger partial charge in [-0.25, -0.2) is 4.79 Å². The summed E-state index contributed by atoms with van der Waals surface area (Å²) >= 11 is 0. The molecular formula is C16H31N3O3. The Morgan fingerprint density at radius 2 is 1.86 bits per heavy atom. The van der Waals surface area contributed by atoms with Gasteiger partial charge in [0.05, 0.1) is 6.54 Å². The predicted octanol–water partition coefficient (Wildman–Crippen LogP) is 1.94. The van der Waals surface area contributed by atoms with E-state index >= 15 is 0 Å². The Hall–Kier alpha value is -1.30. The number of hydrogen-bond acceptors (Lipinski definition) is 4. The van der Waals surface area contributed by atoms with Crippen LogP contribution in [0.25, 0.3) is 0 Å². The Balaban J connectivity index is 2.29. The molecule has 0 aromatic carbocycles. The standard InChI is InChI=1S/C16H31N3O3/c1-5-9-17-14(20)11-18-12-7-6-8-13(10-12)19-15(21)22-16(2,3)4/h12-13,18H,5-11H2,1-4H3,(H,17,20)(H,19,21). The van der Waals surface area contributed by atoms with Crippen LogP contribution < -0.4 is 16.0 Å². The molecule has 0 heterocycles. The van der Waals surface area contributed by atoms with Gasteiger partial charge in [-0.1, -0.05) is 6.92 Å². The van der Waals surface area contributed by atoms with Crippen molar-refractivity contribution >= 4 is 12.0 Å². The summed E-state index contributed by atoms with van der Waals surface area (Å²) in [6.07, 6.45) is 4.44. The molecule has 0 aromatic heterocycles. The molecule has 22 heavy (non-hydrogen) atoms. The van der Waals surface area contributed by atoms with Crippen molar-refractivity contribution < 1.29 is 14.3 Å². The molecule has 2 unspecified atom stereocenters. The lowest BCUT2D eigenvalue weighted by atomic mass is 9.91. The van der Waals surface area contributed by atoms with Crippen LogP contribution in [0.5, 0.6) is 0 Å². The molecule has 6 heteroatoms. The number of carbonyl (C=O) groups excluding carboxylic acids is 2. The molecule has 1 rings (SSSR count). The van der Waals surface area contributed by atoms with Crippen LogP contribution in [0.1, 0.15) is 59.8 Å². The molecule has 128 valence electrons. The molecule has 3 N–H and O–H groups in total. The maximum Gasteiger partial charge on any atom is 0.407 e. The summed E-state index contributed by atoms with van der Waals surface area (Å²) in [5, 5.41) is 9.05. The maximum absolute atomic E-state index is 11.8. The molecule has 6 nitrogen and oxygen atoms in total. The Morgan fingerprint density at radius 1 is 1.18 bits per heavy atom. The van der Waals surface area contributed by atoms with Crippen molar-refractivity contribution in [3.05, 3.63) is 0 Å². The van der Waals surface area contributed by atoms with E-state index in [1.165, 1.54) is 0 Å². The van der Waals surface area contributed by atoms with Gasteiger partial charge in [0.15, 0.2) is 0 Å². The number of carbonyl (C=O) groups is 2. The highest BCUT2D eigenvalue weighted by atomic mass is 16.6. The summed E-state index contributed by atoms with van der Waals surface area (Å²) in [5.41, 5.74) is -0.478.